The van der Waals surface area contributed by atoms with Crippen LogP contribution in [0.15, 0.2) is 29.3 Å². The zero-order valence-corrected chi connectivity index (χ0v) is 15.4. The molecule has 0 bridgehead atoms. The number of hydrogen-bond acceptors (Lipinski definition) is 4. The summed E-state index contributed by atoms with van der Waals surface area (Å²) in [6, 6.07) is 3.41. The van der Waals surface area contributed by atoms with Crippen LogP contribution in [0.1, 0.15) is 30.5 Å². The third-order valence-corrected chi connectivity index (χ3v) is 5.68. The topological polar surface area (TPSA) is 93.1 Å². The Hall–Kier alpha value is -2.26. The van der Waals surface area contributed by atoms with Gasteiger partial charge in [-0.1, -0.05) is 0 Å². The second kappa shape index (κ2) is 7.16. The number of aromatic nitrogens is 2. The van der Waals surface area contributed by atoms with Gasteiger partial charge in [-0.15, -0.1) is 0 Å². The van der Waals surface area contributed by atoms with Gasteiger partial charge in [-0.3, -0.25) is 9.48 Å². The van der Waals surface area contributed by atoms with Crippen molar-refractivity contribution < 1.29 is 17.6 Å². The van der Waals surface area contributed by atoms with Crippen LogP contribution in [-0.4, -0.2) is 30.1 Å². The van der Waals surface area contributed by atoms with Crippen LogP contribution in [0.2, 0.25) is 0 Å². The smallest absolute Gasteiger partial charge is 0.243 e. The predicted octanol–water partition coefficient (Wildman–Crippen LogP) is 1.88. The Morgan fingerprint density at radius 3 is 2.73 bits per heavy atom. The molecule has 0 radical (unpaired) electrons. The first-order chi connectivity index (χ1) is 12.2. The van der Waals surface area contributed by atoms with Crippen molar-refractivity contribution in [1.29, 1.82) is 0 Å². The van der Waals surface area contributed by atoms with Gasteiger partial charge in [-0.25, -0.2) is 17.5 Å². The summed E-state index contributed by atoms with van der Waals surface area (Å²) in [6.45, 7) is 1.87. The Bertz CT molecular complexity index is 935. The van der Waals surface area contributed by atoms with E-state index in [-0.39, 0.29) is 24.1 Å². The molecule has 1 fully saturated rings. The lowest BCUT2D eigenvalue weighted by Crippen LogP contribution is -2.26. The van der Waals surface area contributed by atoms with Crippen molar-refractivity contribution in [3.63, 3.8) is 0 Å². The van der Waals surface area contributed by atoms with Crippen molar-refractivity contribution in [2.75, 3.05) is 5.32 Å². The lowest BCUT2D eigenvalue weighted by atomic mass is 10.1. The van der Waals surface area contributed by atoms with Crippen molar-refractivity contribution in [2.24, 2.45) is 7.05 Å². The average Bonchev–Trinajstić information content (AvgIpc) is 3.29. The lowest BCUT2D eigenvalue weighted by Gasteiger charge is -2.10. The van der Waals surface area contributed by atoms with E-state index in [2.05, 4.69) is 15.1 Å². The van der Waals surface area contributed by atoms with E-state index in [4.69, 9.17) is 0 Å². The Labute approximate surface area is 151 Å². The number of halogens is 1. The first-order valence-electron chi connectivity index (χ1n) is 8.35. The molecule has 7 nitrogen and oxygen atoms in total. The highest BCUT2D eigenvalue weighted by molar-refractivity contribution is 7.89. The highest BCUT2D eigenvalue weighted by Crippen LogP contribution is 2.25. The molecular weight excluding hydrogens is 359 g/mol. The summed E-state index contributed by atoms with van der Waals surface area (Å²) >= 11 is 0. The summed E-state index contributed by atoms with van der Waals surface area (Å²) in [5.41, 5.74) is 2.08. The highest BCUT2D eigenvalue weighted by atomic mass is 32.2. The summed E-state index contributed by atoms with van der Waals surface area (Å²) in [4.78, 5) is 11.7. The number of nitrogens with zero attached hydrogens (tertiary/aromatic N) is 2. The Morgan fingerprint density at radius 2 is 2.12 bits per heavy atom. The SMILES string of the molecule is Cc1nn(C)cc1CCC(=O)Nc1ccc(F)c(S(=O)(=O)NC2CC2)c1. The van der Waals surface area contributed by atoms with Gasteiger partial charge >= 0.3 is 0 Å². The zero-order valence-electron chi connectivity index (χ0n) is 14.6. The monoisotopic (exact) mass is 380 g/mol. The minimum absolute atomic E-state index is 0.125. The van der Waals surface area contributed by atoms with Crippen LogP contribution in [0.3, 0.4) is 0 Å². The van der Waals surface area contributed by atoms with Crippen LogP contribution >= 0.6 is 0 Å². The fraction of sp³-hybridized carbons (Fsp3) is 0.412. The zero-order chi connectivity index (χ0) is 18.9. The van der Waals surface area contributed by atoms with Crippen molar-refractivity contribution in [1.82, 2.24) is 14.5 Å². The molecule has 140 valence electrons. The van der Waals surface area contributed by atoms with Crippen LogP contribution in [0, 0.1) is 12.7 Å². The van der Waals surface area contributed by atoms with Gasteiger partial charge in [0.1, 0.15) is 10.7 Å². The molecular formula is C17H21FN4O3S. The van der Waals surface area contributed by atoms with Gasteiger partial charge in [0.2, 0.25) is 15.9 Å². The molecule has 0 saturated heterocycles. The van der Waals surface area contributed by atoms with Gasteiger partial charge in [-0.2, -0.15) is 5.10 Å². The Balaban J connectivity index is 1.66. The number of benzene rings is 1. The van der Waals surface area contributed by atoms with Crippen LogP contribution in [0.4, 0.5) is 10.1 Å². The standard InChI is InChI=1S/C17H21FN4O3S/c1-11-12(10-22(2)20-11)3-8-17(23)19-14-6-7-15(18)16(9-14)26(24,25)21-13-4-5-13/h6-7,9-10,13,21H,3-5,8H2,1-2H3,(H,19,23). The first kappa shape index (κ1) is 18.5. The normalized spacial score (nSPS) is 14.4. The fourth-order valence-corrected chi connectivity index (χ4v) is 4.05. The highest BCUT2D eigenvalue weighted by Gasteiger charge is 2.29. The molecule has 9 heteroatoms. The molecule has 1 aliphatic carbocycles. The number of sulfonamides is 1. The number of anilines is 1. The maximum atomic E-state index is 13.9. The molecule has 0 atom stereocenters. The molecule has 1 saturated carbocycles. The third kappa shape index (κ3) is 4.47. The summed E-state index contributed by atoms with van der Waals surface area (Å²) in [7, 11) is -2.12. The van der Waals surface area contributed by atoms with Gasteiger partial charge in [-0.05, 0) is 49.9 Å². The van der Waals surface area contributed by atoms with E-state index in [0.29, 0.717) is 6.42 Å². The second-order valence-corrected chi connectivity index (χ2v) is 8.18. The van der Waals surface area contributed by atoms with E-state index in [1.807, 2.05) is 20.2 Å². The van der Waals surface area contributed by atoms with Crippen LogP contribution < -0.4 is 10.0 Å². The third-order valence-electron chi connectivity index (χ3n) is 4.14. The molecule has 1 aromatic heterocycles. The number of carbonyl (C=O) groups excluding carboxylic acids is 1. The van der Waals surface area contributed by atoms with Crippen molar-refractivity contribution in [2.45, 2.75) is 43.5 Å². The molecule has 0 aliphatic heterocycles. The summed E-state index contributed by atoms with van der Waals surface area (Å²) in [5, 5.41) is 6.84. The summed E-state index contributed by atoms with van der Waals surface area (Å²) in [5.74, 6) is -1.12. The summed E-state index contributed by atoms with van der Waals surface area (Å²) in [6.07, 6.45) is 4.10. The number of nitrogens with one attached hydrogen (secondary N) is 2. The second-order valence-electron chi connectivity index (χ2n) is 6.50. The number of aryl methyl sites for hydroxylation is 3. The van der Waals surface area contributed by atoms with Crippen molar-refractivity contribution >= 4 is 21.6 Å². The molecule has 1 aliphatic rings. The summed E-state index contributed by atoms with van der Waals surface area (Å²) < 4.78 is 42.5. The first-order valence-corrected chi connectivity index (χ1v) is 9.84. The average molecular weight is 380 g/mol. The Kier molecular flexibility index (Phi) is 5.10. The molecule has 1 amide bonds. The maximum absolute atomic E-state index is 13.9. The van der Waals surface area contributed by atoms with E-state index >= 15 is 0 Å². The van der Waals surface area contributed by atoms with E-state index in [0.717, 1.165) is 36.2 Å². The number of hydrogen-bond donors (Lipinski definition) is 2. The molecule has 2 aromatic rings. The van der Waals surface area contributed by atoms with E-state index < -0.39 is 20.7 Å². The van der Waals surface area contributed by atoms with Gasteiger partial charge in [0.05, 0.1) is 5.69 Å². The maximum Gasteiger partial charge on any atom is 0.243 e. The van der Waals surface area contributed by atoms with Gasteiger partial charge in [0, 0.05) is 31.4 Å². The molecule has 0 unspecified atom stereocenters. The molecule has 0 spiro atoms. The molecule has 3 rings (SSSR count). The number of rotatable bonds is 7. The molecule has 1 aromatic carbocycles. The van der Waals surface area contributed by atoms with Gasteiger partial charge in [0.25, 0.3) is 0 Å². The van der Waals surface area contributed by atoms with E-state index in [9.17, 15) is 17.6 Å². The minimum Gasteiger partial charge on any atom is -0.326 e. The van der Waals surface area contributed by atoms with E-state index in [1.165, 1.54) is 6.07 Å². The predicted molar refractivity (Wildman–Crippen MR) is 94.6 cm³/mol. The van der Waals surface area contributed by atoms with Gasteiger partial charge in [0.15, 0.2) is 0 Å². The van der Waals surface area contributed by atoms with Gasteiger partial charge < -0.3 is 5.32 Å². The van der Waals surface area contributed by atoms with Crippen molar-refractivity contribution in [3.8, 4) is 0 Å². The van der Waals surface area contributed by atoms with Crippen molar-refractivity contribution in [3.05, 3.63) is 41.5 Å². The fourth-order valence-electron chi connectivity index (χ4n) is 2.64. The molecule has 1 heterocycles. The lowest BCUT2D eigenvalue weighted by molar-refractivity contribution is -0.116. The number of carbonyl (C=O) groups is 1. The van der Waals surface area contributed by atoms with Crippen LogP contribution in [0.5, 0.6) is 0 Å². The number of amides is 1. The van der Waals surface area contributed by atoms with E-state index in [1.54, 1.807) is 4.68 Å². The van der Waals surface area contributed by atoms with Crippen LogP contribution in [0.25, 0.3) is 0 Å². The Morgan fingerprint density at radius 1 is 1.38 bits per heavy atom. The molecule has 26 heavy (non-hydrogen) atoms. The quantitative estimate of drug-likeness (QED) is 0.767. The molecule has 2 N–H and O–H groups in total. The largest absolute Gasteiger partial charge is 0.326 e. The minimum atomic E-state index is -3.93. The van der Waals surface area contributed by atoms with Crippen LogP contribution in [-0.2, 0) is 28.3 Å².